The molecule has 0 aliphatic rings. The summed E-state index contributed by atoms with van der Waals surface area (Å²) in [6.45, 7) is 0. The van der Waals surface area contributed by atoms with Crippen LogP contribution in [-0.2, 0) is 0 Å². The van der Waals surface area contributed by atoms with Crippen molar-refractivity contribution < 1.29 is 4.39 Å². The van der Waals surface area contributed by atoms with E-state index in [2.05, 4.69) is 30.3 Å². The van der Waals surface area contributed by atoms with Gasteiger partial charge in [0.1, 0.15) is 5.82 Å². The van der Waals surface area contributed by atoms with Crippen LogP contribution in [0.3, 0.4) is 0 Å². The van der Waals surface area contributed by atoms with Crippen molar-refractivity contribution in [2.75, 3.05) is 0 Å². The van der Waals surface area contributed by atoms with Gasteiger partial charge in [-0.25, -0.2) is 4.39 Å². The molecule has 0 atom stereocenters. The standard InChI is InChI=1S/C18H11F/c19-15-9-10-17-14(11-15)8-7-13-6-5-12-3-1-2-4-16(12)18(13)17/h1-11H. The molecular weight excluding hydrogens is 235 g/mol. The van der Waals surface area contributed by atoms with Crippen molar-refractivity contribution in [3.8, 4) is 0 Å². The fourth-order valence-corrected chi connectivity index (χ4v) is 2.81. The molecule has 0 aliphatic heterocycles. The van der Waals surface area contributed by atoms with Crippen molar-refractivity contribution in [1.82, 2.24) is 0 Å². The van der Waals surface area contributed by atoms with Gasteiger partial charge in [0, 0.05) is 0 Å². The van der Waals surface area contributed by atoms with Crippen LogP contribution in [0.25, 0.3) is 32.3 Å². The minimum atomic E-state index is -0.188. The molecule has 4 aromatic rings. The van der Waals surface area contributed by atoms with Gasteiger partial charge in [-0.1, -0.05) is 54.6 Å². The quantitative estimate of drug-likeness (QED) is 0.370. The lowest BCUT2D eigenvalue weighted by Crippen LogP contribution is -1.82. The maximum atomic E-state index is 13.4. The molecule has 4 aromatic carbocycles. The summed E-state index contributed by atoms with van der Waals surface area (Å²) in [6.07, 6.45) is 0. The molecule has 19 heavy (non-hydrogen) atoms. The Balaban J connectivity index is 2.33. The summed E-state index contributed by atoms with van der Waals surface area (Å²) in [7, 11) is 0. The van der Waals surface area contributed by atoms with Gasteiger partial charge in [0.2, 0.25) is 0 Å². The van der Waals surface area contributed by atoms with Gasteiger partial charge in [-0.3, -0.25) is 0 Å². The zero-order chi connectivity index (χ0) is 12.8. The normalized spacial score (nSPS) is 11.4. The summed E-state index contributed by atoms with van der Waals surface area (Å²) >= 11 is 0. The maximum Gasteiger partial charge on any atom is 0.123 e. The highest BCUT2D eigenvalue weighted by Crippen LogP contribution is 2.32. The van der Waals surface area contributed by atoms with Gasteiger partial charge in [0.25, 0.3) is 0 Å². The number of rotatable bonds is 0. The van der Waals surface area contributed by atoms with Gasteiger partial charge in [-0.2, -0.15) is 0 Å². The third-order valence-electron chi connectivity index (χ3n) is 3.69. The number of benzene rings is 4. The molecule has 0 bridgehead atoms. The zero-order valence-corrected chi connectivity index (χ0v) is 10.2. The third-order valence-corrected chi connectivity index (χ3v) is 3.69. The monoisotopic (exact) mass is 246 g/mol. The van der Waals surface area contributed by atoms with Crippen molar-refractivity contribution >= 4 is 32.3 Å². The smallest absolute Gasteiger partial charge is 0.123 e. The van der Waals surface area contributed by atoms with E-state index in [0.29, 0.717) is 0 Å². The van der Waals surface area contributed by atoms with E-state index < -0.39 is 0 Å². The van der Waals surface area contributed by atoms with Crippen LogP contribution in [0.15, 0.2) is 66.7 Å². The molecule has 0 radical (unpaired) electrons. The van der Waals surface area contributed by atoms with E-state index in [1.54, 1.807) is 6.07 Å². The highest BCUT2D eigenvalue weighted by atomic mass is 19.1. The van der Waals surface area contributed by atoms with Gasteiger partial charge in [-0.15, -0.1) is 0 Å². The Morgan fingerprint density at radius 2 is 1.26 bits per heavy atom. The Morgan fingerprint density at radius 3 is 2.16 bits per heavy atom. The lowest BCUT2D eigenvalue weighted by molar-refractivity contribution is 0.630. The van der Waals surface area contributed by atoms with Gasteiger partial charge in [0.05, 0.1) is 0 Å². The SMILES string of the molecule is Fc1ccc2c(ccc3ccc4ccccc4c32)c1. The van der Waals surface area contributed by atoms with E-state index in [0.717, 1.165) is 10.8 Å². The minimum Gasteiger partial charge on any atom is -0.207 e. The van der Waals surface area contributed by atoms with Crippen LogP contribution < -0.4 is 0 Å². The molecule has 0 amide bonds. The fraction of sp³-hybridized carbons (Fsp3) is 0. The first-order chi connectivity index (χ1) is 9.33. The van der Waals surface area contributed by atoms with E-state index in [1.807, 2.05) is 24.3 Å². The fourth-order valence-electron chi connectivity index (χ4n) is 2.81. The summed E-state index contributed by atoms with van der Waals surface area (Å²) in [4.78, 5) is 0. The summed E-state index contributed by atoms with van der Waals surface area (Å²) in [5, 5.41) is 6.89. The molecule has 0 spiro atoms. The molecule has 0 aromatic heterocycles. The second-order valence-corrected chi connectivity index (χ2v) is 4.82. The van der Waals surface area contributed by atoms with Crippen molar-refractivity contribution in [3.05, 3.63) is 72.5 Å². The van der Waals surface area contributed by atoms with E-state index >= 15 is 0 Å². The summed E-state index contributed by atoms with van der Waals surface area (Å²) in [5.74, 6) is -0.188. The van der Waals surface area contributed by atoms with Gasteiger partial charge in [-0.05, 0) is 44.5 Å². The average molecular weight is 246 g/mol. The third kappa shape index (κ3) is 1.52. The molecule has 0 N–H and O–H groups in total. The van der Waals surface area contributed by atoms with E-state index in [9.17, 15) is 4.39 Å². The second-order valence-electron chi connectivity index (χ2n) is 4.82. The lowest BCUT2D eigenvalue weighted by atomic mass is 9.96. The molecule has 0 saturated carbocycles. The van der Waals surface area contributed by atoms with Crippen LogP contribution >= 0.6 is 0 Å². The minimum absolute atomic E-state index is 0.188. The largest absolute Gasteiger partial charge is 0.207 e. The summed E-state index contributed by atoms with van der Waals surface area (Å²) in [5.41, 5.74) is 0. The molecule has 0 saturated heterocycles. The Kier molecular flexibility index (Phi) is 2.10. The van der Waals surface area contributed by atoms with Crippen molar-refractivity contribution in [1.29, 1.82) is 0 Å². The van der Waals surface area contributed by atoms with Gasteiger partial charge >= 0.3 is 0 Å². The van der Waals surface area contributed by atoms with Crippen molar-refractivity contribution in [2.24, 2.45) is 0 Å². The predicted molar refractivity (Wildman–Crippen MR) is 78.9 cm³/mol. The number of hydrogen-bond donors (Lipinski definition) is 0. The lowest BCUT2D eigenvalue weighted by Gasteiger charge is -2.08. The van der Waals surface area contributed by atoms with Crippen LogP contribution in [0.5, 0.6) is 0 Å². The van der Waals surface area contributed by atoms with E-state index in [-0.39, 0.29) is 5.82 Å². The molecule has 4 rings (SSSR count). The Morgan fingerprint density at radius 1 is 0.579 bits per heavy atom. The number of halogens is 1. The Hall–Kier alpha value is -2.41. The van der Waals surface area contributed by atoms with E-state index in [1.165, 1.54) is 27.6 Å². The van der Waals surface area contributed by atoms with Crippen LogP contribution in [0.1, 0.15) is 0 Å². The first-order valence-electron chi connectivity index (χ1n) is 6.33. The van der Waals surface area contributed by atoms with Crippen molar-refractivity contribution in [2.45, 2.75) is 0 Å². The summed E-state index contributed by atoms with van der Waals surface area (Å²) < 4.78 is 13.4. The zero-order valence-electron chi connectivity index (χ0n) is 10.2. The molecule has 1 heteroatoms. The highest BCUT2D eigenvalue weighted by molar-refractivity contribution is 6.20. The maximum absolute atomic E-state index is 13.4. The van der Waals surface area contributed by atoms with Crippen molar-refractivity contribution in [3.63, 3.8) is 0 Å². The van der Waals surface area contributed by atoms with Crippen LogP contribution in [-0.4, -0.2) is 0 Å². The highest BCUT2D eigenvalue weighted by Gasteiger charge is 2.05. The van der Waals surface area contributed by atoms with Gasteiger partial charge < -0.3 is 0 Å². The second kappa shape index (κ2) is 3.79. The van der Waals surface area contributed by atoms with E-state index in [4.69, 9.17) is 0 Å². The predicted octanol–water partition coefficient (Wildman–Crippen LogP) is 5.29. The molecule has 0 unspecified atom stereocenters. The summed E-state index contributed by atoms with van der Waals surface area (Å²) in [6, 6.07) is 21.6. The van der Waals surface area contributed by atoms with Gasteiger partial charge in [0.15, 0.2) is 0 Å². The molecule has 90 valence electrons. The number of fused-ring (bicyclic) bond motifs is 5. The first-order valence-corrected chi connectivity index (χ1v) is 6.33. The molecule has 0 fully saturated rings. The number of hydrogen-bond acceptors (Lipinski definition) is 0. The topological polar surface area (TPSA) is 0 Å². The van der Waals surface area contributed by atoms with Crippen LogP contribution in [0.4, 0.5) is 4.39 Å². The molecule has 0 heterocycles. The Bertz CT molecular complexity index is 922. The Labute approximate surface area is 110 Å². The molecule has 0 aliphatic carbocycles. The average Bonchev–Trinajstić information content (AvgIpc) is 2.46. The molecular formula is C18H11F. The van der Waals surface area contributed by atoms with Crippen LogP contribution in [0, 0.1) is 5.82 Å². The molecule has 0 nitrogen and oxygen atoms in total. The van der Waals surface area contributed by atoms with Crippen LogP contribution in [0.2, 0.25) is 0 Å². The first kappa shape index (κ1) is 10.5.